The van der Waals surface area contributed by atoms with Gasteiger partial charge in [-0.3, -0.25) is 4.68 Å². The summed E-state index contributed by atoms with van der Waals surface area (Å²) >= 11 is 6.06. The SMILES string of the molecule is CC(C)Nc1ncc(Cl)c(Nc2cn(C)nc2C#N)n1. The third kappa shape index (κ3) is 3.16. The lowest BCUT2D eigenvalue weighted by Gasteiger charge is -2.10. The maximum absolute atomic E-state index is 9.01. The minimum absolute atomic E-state index is 0.206. The van der Waals surface area contributed by atoms with Gasteiger partial charge in [0.15, 0.2) is 11.5 Å². The molecule has 0 aliphatic carbocycles. The van der Waals surface area contributed by atoms with Gasteiger partial charge in [0.2, 0.25) is 5.95 Å². The van der Waals surface area contributed by atoms with Crippen molar-refractivity contribution in [2.24, 2.45) is 7.05 Å². The molecule has 0 unspecified atom stereocenters. The molecule has 2 N–H and O–H groups in total. The zero-order chi connectivity index (χ0) is 14.7. The summed E-state index contributed by atoms with van der Waals surface area (Å²) in [6.45, 7) is 3.97. The van der Waals surface area contributed by atoms with Gasteiger partial charge in [0.05, 0.1) is 11.9 Å². The van der Waals surface area contributed by atoms with Crippen LogP contribution in [0.4, 0.5) is 17.5 Å². The summed E-state index contributed by atoms with van der Waals surface area (Å²) in [4.78, 5) is 8.37. The lowest BCUT2D eigenvalue weighted by Crippen LogP contribution is -2.13. The van der Waals surface area contributed by atoms with Crippen molar-refractivity contribution in [2.45, 2.75) is 19.9 Å². The highest BCUT2D eigenvalue weighted by atomic mass is 35.5. The molecule has 2 aromatic rings. The largest absolute Gasteiger partial charge is 0.352 e. The molecule has 0 fully saturated rings. The first-order chi connectivity index (χ1) is 9.49. The fourth-order valence-corrected chi connectivity index (χ4v) is 1.71. The number of aromatic nitrogens is 4. The molecule has 20 heavy (non-hydrogen) atoms. The molecule has 0 saturated heterocycles. The summed E-state index contributed by atoms with van der Waals surface area (Å²) in [7, 11) is 1.74. The standard InChI is InChI=1S/C12H14ClN7/c1-7(2)16-12-15-5-8(13)11(18-12)17-10-6-20(3)19-9(10)4-14/h5-7H,1-3H3,(H2,15,16,17,18). The molecule has 0 amide bonds. The second-order valence-electron chi connectivity index (χ2n) is 4.49. The zero-order valence-corrected chi connectivity index (χ0v) is 12.1. The van der Waals surface area contributed by atoms with Crippen LogP contribution < -0.4 is 10.6 Å². The maximum atomic E-state index is 9.01. The number of rotatable bonds is 4. The van der Waals surface area contributed by atoms with Gasteiger partial charge in [-0.2, -0.15) is 15.3 Å². The number of hydrogen-bond donors (Lipinski definition) is 2. The second-order valence-corrected chi connectivity index (χ2v) is 4.90. The van der Waals surface area contributed by atoms with E-state index >= 15 is 0 Å². The molecular formula is C12H14ClN7. The first-order valence-electron chi connectivity index (χ1n) is 5.99. The van der Waals surface area contributed by atoms with E-state index in [0.29, 0.717) is 22.5 Å². The molecule has 7 nitrogen and oxygen atoms in total. The van der Waals surface area contributed by atoms with Gasteiger partial charge in [0.1, 0.15) is 11.1 Å². The van der Waals surface area contributed by atoms with E-state index in [9.17, 15) is 0 Å². The number of hydrogen-bond acceptors (Lipinski definition) is 6. The molecular weight excluding hydrogens is 278 g/mol. The van der Waals surface area contributed by atoms with Crippen LogP contribution in [0.1, 0.15) is 19.5 Å². The molecule has 0 aliphatic rings. The van der Waals surface area contributed by atoms with E-state index in [0.717, 1.165) is 0 Å². The number of halogens is 1. The monoisotopic (exact) mass is 291 g/mol. The van der Waals surface area contributed by atoms with Gasteiger partial charge in [0.25, 0.3) is 0 Å². The van der Waals surface area contributed by atoms with Crippen molar-refractivity contribution >= 4 is 29.1 Å². The van der Waals surface area contributed by atoms with Crippen LogP contribution >= 0.6 is 11.6 Å². The molecule has 0 saturated carbocycles. The van der Waals surface area contributed by atoms with Crippen molar-refractivity contribution < 1.29 is 0 Å². The Bertz CT molecular complexity index is 656. The molecule has 0 spiro atoms. The van der Waals surface area contributed by atoms with Gasteiger partial charge in [-0.25, -0.2) is 4.98 Å². The Kier molecular flexibility index (Phi) is 4.05. The molecule has 0 radical (unpaired) electrons. The van der Waals surface area contributed by atoms with Gasteiger partial charge in [-0.05, 0) is 13.8 Å². The van der Waals surface area contributed by atoms with E-state index in [1.54, 1.807) is 17.9 Å². The van der Waals surface area contributed by atoms with Crippen LogP contribution in [-0.2, 0) is 7.05 Å². The number of aryl methyl sites for hydroxylation is 1. The summed E-state index contributed by atoms with van der Waals surface area (Å²) < 4.78 is 1.54. The van der Waals surface area contributed by atoms with Crippen LogP contribution in [0.15, 0.2) is 12.4 Å². The van der Waals surface area contributed by atoms with Crippen LogP contribution in [0, 0.1) is 11.3 Å². The molecule has 8 heteroatoms. The minimum Gasteiger partial charge on any atom is -0.352 e. The second kappa shape index (κ2) is 5.75. The van der Waals surface area contributed by atoms with Crippen LogP contribution in [-0.4, -0.2) is 25.8 Å². The summed E-state index contributed by atoms with van der Waals surface area (Å²) in [5.74, 6) is 0.892. The fourth-order valence-electron chi connectivity index (χ4n) is 1.57. The Morgan fingerprint density at radius 3 is 2.85 bits per heavy atom. The van der Waals surface area contributed by atoms with Crippen molar-refractivity contribution in [3.63, 3.8) is 0 Å². The maximum Gasteiger partial charge on any atom is 0.224 e. The quantitative estimate of drug-likeness (QED) is 0.898. The smallest absolute Gasteiger partial charge is 0.224 e. The van der Waals surface area contributed by atoms with E-state index < -0.39 is 0 Å². The Balaban J connectivity index is 2.30. The zero-order valence-electron chi connectivity index (χ0n) is 11.3. The third-order valence-electron chi connectivity index (χ3n) is 2.35. The predicted molar refractivity (Wildman–Crippen MR) is 77.0 cm³/mol. The van der Waals surface area contributed by atoms with Crippen LogP contribution in [0.5, 0.6) is 0 Å². The topological polar surface area (TPSA) is 91.5 Å². The Morgan fingerprint density at radius 1 is 1.45 bits per heavy atom. The first-order valence-corrected chi connectivity index (χ1v) is 6.37. The van der Waals surface area contributed by atoms with Gasteiger partial charge >= 0.3 is 0 Å². The molecule has 2 heterocycles. The van der Waals surface area contributed by atoms with Crippen LogP contribution in [0.3, 0.4) is 0 Å². The van der Waals surface area contributed by atoms with Crippen LogP contribution in [0.25, 0.3) is 0 Å². The van der Waals surface area contributed by atoms with E-state index in [4.69, 9.17) is 16.9 Å². The Morgan fingerprint density at radius 2 is 2.20 bits per heavy atom. The fraction of sp³-hybridized carbons (Fsp3) is 0.333. The van der Waals surface area contributed by atoms with E-state index in [1.165, 1.54) is 6.20 Å². The predicted octanol–water partition coefficient (Wildman–Crippen LogP) is 2.30. The van der Waals surface area contributed by atoms with Crippen LogP contribution in [0.2, 0.25) is 5.02 Å². The van der Waals surface area contributed by atoms with Gasteiger partial charge in [0, 0.05) is 19.3 Å². The number of nitrogens with zero attached hydrogens (tertiary/aromatic N) is 5. The highest BCUT2D eigenvalue weighted by Crippen LogP contribution is 2.25. The van der Waals surface area contributed by atoms with Gasteiger partial charge in [-0.1, -0.05) is 11.6 Å². The van der Waals surface area contributed by atoms with Crippen molar-refractivity contribution in [1.82, 2.24) is 19.7 Å². The van der Waals surface area contributed by atoms with E-state index in [2.05, 4.69) is 25.7 Å². The van der Waals surface area contributed by atoms with Crippen molar-refractivity contribution in [3.05, 3.63) is 23.1 Å². The highest BCUT2D eigenvalue weighted by Gasteiger charge is 2.11. The lowest BCUT2D eigenvalue weighted by atomic mass is 10.4. The highest BCUT2D eigenvalue weighted by molar-refractivity contribution is 6.32. The Hall–Kier alpha value is -2.33. The summed E-state index contributed by atoms with van der Waals surface area (Å²) in [5, 5.41) is 19.5. The number of nitrogens with one attached hydrogen (secondary N) is 2. The molecule has 0 bridgehead atoms. The van der Waals surface area contributed by atoms with E-state index in [1.807, 2.05) is 19.9 Å². The van der Waals surface area contributed by atoms with Gasteiger partial charge < -0.3 is 10.6 Å². The lowest BCUT2D eigenvalue weighted by molar-refractivity contribution is 0.763. The third-order valence-corrected chi connectivity index (χ3v) is 2.63. The summed E-state index contributed by atoms with van der Waals surface area (Å²) in [5.41, 5.74) is 0.826. The molecule has 0 atom stereocenters. The minimum atomic E-state index is 0.206. The average Bonchev–Trinajstić information content (AvgIpc) is 2.73. The number of nitriles is 1. The van der Waals surface area contributed by atoms with Crippen molar-refractivity contribution in [2.75, 3.05) is 10.6 Å². The first kappa shape index (κ1) is 14.1. The average molecular weight is 292 g/mol. The van der Waals surface area contributed by atoms with Crippen molar-refractivity contribution in [1.29, 1.82) is 5.26 Å². The molecule has 2 aromatic heterocycles. The van der Waals surface area contributed by atoms with E-state index in [-0.39, 0.29) is 11.7 Å². The molecule has 0 aliphatic heterocycles. The normalized spacial score (nSPS) is 10.4. The summed E-state index contributed by atoms with van der Waals surface area (Å²) in [6.07, 6.45) is 3.19. The summed E-state index contributed by atoms with van der Waals surface area (Å²) in [6, 6.07) is 2.21. The van der Waals surface area contributed by atoms with Gasteiger partial charge in [-0.15, -0.1) is 0 Å². The molecule has 104 valence electrons. The Labute approximate surface area is 121 Å². The number of anilines is 3. The molecule has 0 aromatic carbocycles. The molecule has 2 rings (SSSR count). The van der Waals surface area contributed by atoms with Crippen molar-refractivity contribution in [3.8, 4) is 6.07 Å².